The maximum absolute atomic E-state index is 12.4. The van der Waals surface area contributed by atoms with Gasteiger partial charge >= 0.3 is 0 Å². The molecule has 2 N–H and O–H groups in total. The van der Waals surface area contributed by atoms with E-state index in [1.165, 1.54) is 8.61 Å². The Morgan fingerprint density at radius 2 is 1.42 bits per heavy atom. The number of nitrogens with two attached hydrogens (primary N) is 1. The van der Waals surface area contributed by atoms with Gasteiger partial charge in [-0.1, -0.05) is 6.42 Å². The van der Waals surface area contributed by atoms with Crippen LogP contribution < -0.4 is 5.14 Å². The quantitative estimate of drug-likeness (QED) is 0.757. The average molecular weight is 311 g/mol. The van der Waals surface area contributed by atoms with Gasteiger partial charge in [0.15, 0.2) is 0 Å². The molecule has 2 fully saturated rings. The van der Waals surface area contributed by atoms with Gasteiger partial charge in [-0.25, -0.2) is 13.6 Å². The second-order valence-corrected chi connectivity index (χ2v) is 8.95. The minimum atomic E-state index is -3.67. The monoisotopic (exact) mass is 311 g/mol. The molecule has 7 nitrogen and oxygen atoms in total. The fourth-order valence-electron chi connectivity index (χ4n) is 2.64. The van der Waals surface area contributed by atoms with Crippen molar-refractivity contribution in [1.29, 1.82) is 0 Å². The molecule has 0 bridgehead atoms. The van der Waals surface area contributed by atoms with Crippen LogP contribution in [0, 0.1) is 0 Å². The molecule has 2 heterocycles. The van der Waals surface area contributed by atoms with E-state index < -0.39 is 25.5 Å². The topological polar surface area (TPSA) is 101 Å². The molecule has 2 saturated heterocycles. The first-order chi connectivity index (χ1) is 8.82. The smallest absolute Gasteiger partial charge is 0.228 e. The first-order valence-corrected chi connectivity index (χ1v) is 9.59. The zero-order valence-electron chi connectivity index (χ0n) is 10.9. The normalized spacial score (nSPS) is 28.4. The van der Waals surface area contributed by atoms with Crippen molar-refractivity contribution in [2.75, 3.05) is 26.2 Å². The van der Waals surface area contributed by atoms with Gasteiger partial charge in [0, 0.05) is 26.2 Å². The molecule has 2 rings (SSSR count). The van der Waals surface area contributed by atoms with Gasteiger partial charge in [0.25, 0.3) is 10.2 Å². The molecule has 0 aromatic carbocycles. The highest BCUT2D eigenvalue weighted by Gasteiger charge is 2.37. The van der Waals surface area contributed by atoms with Crippen LogP contribution in [0.3, 0.4) is 0 Å². The van der Waals surface area contributed by atoms with Crippen LogP contribution in [0.1, 0.15) is 32.1 Å². The second-order valence-electron chi connectivity index (χ2n) is 5.18. The predicted octanol–water partition coefficient (Wildman–Crippen LogP) is -0.530. The van der Waals surface area contributed by atoms with Crippen molar-refractivity contribution in [1.82, 2.24) is 8.61 Å². The minimum absolute atomic E-state index is 0.0162. The third-order valence-corrected chi connectivity index (χ3v) is 7.09. The number of hydrogen-bond donors (Lipinski definition) is 1. The second kappa shape index (κ2) is 5.65. The van der Waals surface area contributed by atoms with E-state index in [4.69, 9.17) is 5.14 Å². The van der Waals surface area contributed by atoms with Crippen LogP contribution in [-0.4, -0.2) is 56.9 Å². The van der Waals surface area contributed by atoms with E-state index in [1.54, 1.807) is 0 Å². The van der Waals surface area contributed by atoms with E-state index in [9.17, 15) is 16.8 Å². The molecule has 2 aliphatic heterocycles. The van der Waals surface area contributed by atoms with E-state index >= 15 is 0 Å². The van der Waals surface area contributed by atoms with Crippen molar-refractivity contribution in [3.8, 4) is 0 Å². The Morgan fingerprint density at radius 1 is 0.842 bits per heavy atom. The highest BCUT2D eigenvalue weighted by molar-refractivity contribution is 7.90. The Labute approximate surface area is 115 Å². The van der Waals surface area contributed by atoms with Gasteiger partial charge in [-0.15, -0.1) is 0 Å². The van der Waals surface area contributed by atoms with Gasteiger partial charge in [0.05, 0.1) is 5.25 Å². The lowest BCUT2D eigenvalue weighted by Crippen LogP contribution is -2.52. The molecule has 2 aliphatic rings. The number of rotatable bonds is 3. The van der Waals surface area contributed by atoms with Crippen molar-refractivity contribution < 1.29 is 16.8 Å². The molecule has 19 heavy (non-hydrogen) atoms. The Bertz CT molecular complexity index is 511. The maximum Gasteiger partial charge on any atom is 0.282 e. The van der Waals surface area contributed by atoms with E-state index in [0.717, 1.165) is 19.3 Å². The van der Waals surface area contributed by atoms with E-state index in [0.29, 0.717) is 32.5 Å². The molecule has 0 amide bonds. The van der Waals surface area contributed by atoms with Crippen molar-refractivity contribution in [2.24, 2.45) is 5.14 Å². The number of piperidine rings is 2. The summed E-state index contributed by atoms with van der Waals surface area (Å²) < 4.78 is 50.3. The zero-order valence-corrected chi connectivity index (χ0v) is 12.5. The lowest BCUT2D eigenvalue weighted by Gasteiger charge is -2.36. The molecule has 0 aromatic rings. The van der Waals surface area contributed by atoms with E-state index in [-0.39, 0.29) is 6.54 Å². The molecular weight excluding hydrogens is 290 g/mol. The highest BCUT2D eigenvalue weighted by Crippen LogP contribution is 2.22. The highest BCUT2D eigenvalue weighted by atomic mass is 32.2. The Kier molecular flexibility index (Phi) is 4.51. The molecule has 0 aliphatic carbocycles. The summed E-state index contributed by atoms with van der Waals surface area (Å²) in [5.74, 6) is 0. The third-order valence-electron chi connectivity index (χ3n) is 3.77. The molecule has 0 saturated carbocycles. The van der Waals surface area contributed by atoms with Crippen LogP contribution in [-0.2, 0) is 20.2 Å². The van der Waals surface area contributed by atoms with Crippen molar-refractivity contribution in [3.63, 3.8) is 0 Å². The first kappa shape index (κ1) is 15.2. The fourth-order valence-corrected chi connectivity index (χ4v) is 5.39. The van der Waals surface area contributed by atoms with Crippen molar-refractivity contribution >= 4 is 20.2 Å². The number of primary sulfonamides is 1. The minimum Gasteiger partial charge on any atom is -0.228 e. The van der Waals surface area contributed by atoms with Crippen LogP contribution in [0.15, 0.2) is 0 Å². The lowest BCUT2D eigenvalue weighted by molar-refractivity contribution is 0.282. The molecule has 112 valence electrons. The fraction of sp³-hybridized carbons (Fsp3) is 1.00. The van der Waals surface area contributed by atoms with Crippen LogP contribution in [0.4, 0.5) is 0 Å². The Hall–Kier alpha value is -0.220. The van der Waals surface area contributed by atoms with Crippen LogP contribution >= 0.6 is 0 Å². The summed E-state index contributed by atoms with van der Waals surface area (Å²) in [4.78, 5) is 0. The molecule has 1 atom stereocenters. The summed E-state index contributed by atoms with van der Waals surface area (Å²) >= 11 is 0. The van der Waals surface area contributed by atoms with Crippen molar-refractivity contribution in [2.45, 2.75) is 37.4 Å². The van der Waals surface area contributed by atoms with Gasteiger partial charge in [-0.2, -0.15) is 17.0 Å². The Balaban J connectivity index is 2.11. The summed E-state index contributed by atoms with van der Waals surface area (Å²) in [6.45, 7) is 1.42. The van der Waals surface area contributed by atoms with E-state index in [2.05, 4.69) is 0 Å². The molecule has 0 aromatic heterocycles. The number of sulfonamides is 1. The Morgan fingerprint density at radius 3 is 2.00 bits per heavy atom. The van der Waals surface area contributed by atoms with Crippen LogP contribution in [0.2, 0.25) is 0 Å². The first-order valence-electron chi connectivity index (χ1n) is 6.58. The molecule has 1 unspecified atom stereocenters. The van der Waals surface area contributed by atoms with Crippen LogP contribution in [0.5, 0.6) is 0 Å². The third kappa shape index (κ3) is 3.46. The lowest BCUT2D eigenvalue weighted by atomic mass is 10.2. The molecule has 9 heteroatoms. The predicted molar refractivity (Wildman–Crippen MR) is 72.0 cm³/mol. The van der Waals surface area contributed by atoms with Crippen molar-refractivity contribution in [3.05, 3.63) is 0 Å². The SMILES string of the molecule is NS(=O)(=O)C1CCCN(S(=O)(=O)N2CCCCC2)C1. The van der Waals surface area contributed by atoms with Gasteiger partial charge in [0.2, 0.25) is 10.0 Å². The maximum atomic E-state index is 12.4. The summed E-state index contributed by atoms with van der Waals surface area (Å²) in [7, 11) is -7.21. The molecular formula is C10H21N3O4S2. The van der Waals surface area contributed by atoms with Gasteiger partial charge < -0.3 is 0 Å². The number of nitrogens with zero attached hydrogens (tertiary/aromatic N) is 2. The van der Waals surface area contributed by atoms with Gasteiger partial charge in [-0.05, 0) is 25.7 Å². The molecule has 0 spiro atoms. The van der Waals surface area contributed by atoms with E-state index in [1.807, 2.05) is 0 Å². The standard InChI is InChI=1S/C10H21N3O4S2/c11-18(14,15)10-5-4-8-13(9-10)19(16,17)12-6-2-1-3-7-12/h10H,1-9H2,(H2,11,14,15). The summed E-state index contributed by atoms with van der Waals surface area (Å²) in [6, 6.07) is 0. The average Bonchev–Trinajstić information content (AvgIpc) is 2.39. The zero-order chi connectivity index (χ0) is 14.1. The summed E-state index contributed by atoms with van der Waals surface area (Å²) in [5, 5.41) is 4.35. The number of hydrogen-bond acceptors (Lipinski definition) is 4. The molecule has 0 radical (unpaired) electrons. The largest absolute Gasteiger partial charge is 0.282 e. The summed E-state index contributed by atoms with van der Waals surface area (Å²) in [5.41, 5.74) is 0. The van der Waals surface area contributed by atoms with Gasteiger partial charge in [0.1, 0.15) is 0 Å². The van der Waals surface area contributed by atoms with Crippen LogP contribution in [0.25, 0.3) is 0 Å². The van der Waals surface area contributed by atoms with Gasteiger partial charge in [-0.3, -0.25) is 0 Å². The summed E-state index contributed by atoms with van der Waals surface area (Å²) in [6.07, 6.45) is 3.75.